The molecule has 0 aliphatic carbocycles. The molecule has 1 aliphatic rings. The number of carbonyl (C=O) groups is 2. The van der Waals surface area contributed by atoms with Gasteiger partial charge in [0.25, 0.3) is 11.8 Å². The summed E-state index contributed by atoms with van der Waals surface area (Å²) in [6.07, 6.45) is -5.74. The van der Waals surface area contributed by atoms with Crippen molar-refractivity contribution in [3.8, 4) is 17.0 Å². The van der Waals surface area contributed by atoms with Gasteiger partial charge in [-0.1, -0.05) is 0 Å². The van der Waals surface area contributed by atoms with E-state index in [0.717, 1.165) is 48.8 Å². The lowest BCUT2D eigenvalue weighted by Gasteiger charge is -2.22. The van der Waals surface area contributed by atoms with Gasteiger partial charge in [0.2, 0.25) is 0 Å². The van der Waals surface area contributed by atoms with Crippen LogP contribution in [-0.2, 0) is 11.0 Å². The van der Waals surface area contributed by atoms with E-state index in [1.54, 1.807) is 0 Å². The number of likely N-dealkylation sites (tertiary alicyclic amines) is 1. The first kappa shape index (κ1) is 27.0. The number of halogens is 6. The summed E-state index contributed by atoms with van der Waals surface area (Å²) in [5.74, 6) is -3.76. The number of nitrogens with one attached hydrogen (secondary N) is 1. The van der Waals surface area contributed by atoms with Crippen LogP contribution in [0.15, 0.2) is 24.5 Å². The zero-order chi connectivity index (χ0) is 28.2. The number of fused-ring (bicyclic) bond motifs is 1. The van der Waals surface area contributed by atoms with Crippen molar-refractivity contribution in [1.82, 2.24) is 24.8 Å². The van der Waals surface area contributed by atoms with Gasteiger partial charge in [-0.2, -0.15) is 18.3 Å². The standard InChI is InChI=1S/C23H22F6N6O3/c1-22(2,26)21(37)34-7-14(25)15(8-34)33-20(36)11-4-10(13(24)6-17(11)38-3)16-5-12(23(27,28)29)18-19(30)31-9-32-35(16)18/h4-6,9,14-15H,7-8H2,1-3H3,(H,33,36)(H2,30,31,32)/t14-,15+/m0/s1. The van der Waals surface area contributed by atoms with Gasteiger partial charge in [0, 0.05) is 18.2 Å². The molecule has 15 heteroatoms. The Morgan fingerprint density at radius 2 is 1.84 bits per heavy atom. The van der Waals surface area contributed by atoms with E-state index in [2.05, 4.69) is 15.4 Å². The summed E-state index contributed by atoms with van der Waals surface area (Å²) in [5, 5.41) is 6.12. The highest BCUT2D eigenvalue weighted by Gasteiger charge is 2.42. The summed E-state index contributed by atoms with van der Waals surface area (Å²) in [4.78, 5) is 29.7. The van der Waals surface area contributed by atoms with Gasteiger partial charge in [-0.15, -0.1) is 0 Å². The van der Waals surface area contributed by atoms with E-state index in [4.69, 9.17) is 10.5 Å². The highest BCUT2D eigenvalue weighted by atomic mass is 19.4. The lowest BCUT2D eigenvalue weighted by molar-refractivity contribution is -0.141. The van der Waals surface area contributed by atoms with E-state index in [-0.39, 0.29) is 23.6 Å². The van der Waals surface area contributed by atoms with Crippen molar-refractivity contribution in [2.75, 3.05) is 25.9 Å². The molecule has 2 amide bonds. The zero-order valence-electron chi connectivity index (χ0n) is 20.2. The maximum Gasteiger partial charge on any atom is 0.418 e. The number of aromatic nitrogens is 3. The lowest BCUT2D eigenvalue weighted by Crippen LogP contribution is -2.44. The fourth-order valence-electron chi connectivity index (χ4n) is 4.26. The maximum atomic E-state index is 15.1. The SMILES string of the molecule is COc1cc(F)c(-c2cc(C(F)(F)F)c3c(N)ncnn23)cc1C(=O)N[C@@H]1CN(C(=O)C(C)(C)F)C[C@@H]1F. The van der Waals surface area contributed by atoms with Crippen LogP contribution in [0, 0.1) is 5.82 Å². The lowest BCUT2D eigenvalue weighted by atomic mass is 10.0. The van der Waals surface area contributed by atoms with Crippen LogP contribution in [-0.4, -0.2) is 69.4 Å². The van der Waals surface area contributed by atoms with Gasteiger partial charge in [0.1, 0.15) is 29.6 Å². The van der Waals surface area contributed by atoms with Gasteiger partial charge in [0.05, 0.1) is 36.5 Å². The minimum absolute atomic E-state index is 0.291. The number of nitrogens with zero attached hydrogens (tertiary/aromatic N) is 4. The molecule has 1 aromatic carbocycles. The van der Waals surface area contributed by atoms with Crippen LogP contribution in [0.3, 0.4) is 0 Å². The third kappa shape index (κ3) is 4.79. The second-order valence-electron chi connectivity index (χ2n) is 9.16. The van der Waals surface area contributed by atoms with Crippen molar-refractivity contribution in [1.29, 1.82) is 0 Å². The molecule has 0 unspecified atom stereocenters. The first-order valence-corrected chi connectivity index (χ1v) is 11.1. The Bertz CT molecular complexity index is 1420. The van der Waals surface area contributed by atoms with Gasteiger partial charge < -0.3 is 20.7 Å². The van der Waals surface area contributed by atoms with Crippen molar-refractivity contribution in [3.05, 3.63) is 41.5 Å². The highest BCUT2D eigenvalue weighted by molar-refractivity contribution is 5.99. The van der Waals surface area contributed by atoms with Crippen LogP contribution in [0.4, 0.5) is 32.2 Å². The van der Waals surface area contributed by atoms with Crippen LogP contribution in [0.1, 0.15) is 29.8 Å². The molecule has 0 saturated carbocycles. The normalized spacial score (nSPS) is 18.2. The van der Waals surface area contributed by atoms with Crippen LogP contribution < -0.4 is 15.8 Å². The quantitative estimate of drug-likeness (QED) is 0.477. The van der Waals surface area contributed by atoms with Crippen molar-refractivity contribution in [2.24, 2.45) is 0 Å². The average Bonchev–Trinajstić information content (AvgIpc) is 3.39. The number of carbonyl (C=O) groups excluding carboxylic acids is 2. The number of nitrogen functional groups attached to an aromatic ring is 1. The van der Waals surface area contributed by atoms with E-state index in [1.807, 2.05) is 0 Å². The third-order valence-corrected chi connectivity index (χ3v) is 6.06. The number of methoxy groups -OCH3 is 1. The van der Waals surface area contributed by atoms with Crippen molar-refractivity contribution in [2.45, 2.75) is 37.9 Å². The molecule has 2 atom stereocenters. The number of amides is 2. The van der Waals surface area contributed by atoms with Crippen molar-refractivity contribution in [3.63, 3.8) is 0 Å². The van der Waals surface area contributed by atoms with Gasteiger partial charge in [-0.25, -0.2) is 22.7 Å². The molecule has 3 aromatic rings. The monoisotopic (exact) mass is 544 g/mol. The summed E-state index contributed by atoms with van der Waals surface area (Å²) in [7, 11) is 1.13. The first-order valence-electron chi connectivity index (χ1n) is 11.1. The summed E-state index contributed by atoms with van der Waals surface area (Å²) in [5.41, 5.74) is 0.365. The van der Waals surface area contributed by atoms with Crippen LogP contribution in [0.2, 0.25) is 0 Å². The Balaban J connectivity index is 1.73. The highest BCUT2D eigenvalue weighted by Crippen LogP contribution is 2.40. The Morgan fingerprint density at radius 1 is 1.16 bits per heavy atom. The number of benzene rings is 1. The number of anilines is 1. The predicted molar refractivity (Wildman–Crippen MR) is 122 cm³/mol. The van der Waals surface area contributed by atoms with E-state index < -0.39 is 70.7 Å². The molecule has 38 heavy (non-hydrogen) atoms. The topological polar surface area (TPSA) is 115 Å². The van der Waals surface area contributed by atoms with Crippen LogP contribution in [0.5, 0.6) is 5.75 Å². The number of alkyl halides is 5. The van der Waals surface area contributed by atoms with Crippen LogP contribution >= 0.6 is 0 Å². The van der Waals surface area contributed by atoms with E-state index >= 15 is 4.39 Å². The first-order chi connectivity index (χ1) is 17.6. The number of nitrogens with two attached hydrogens (primary N) is 1. The average molecular weight is 544 g/mol. The van der Waals surface area contributed by atoms with E-state index in [0.29, 0.717) is 6.07 Å². The molecule has 0 radical (unpaired) electrons. The van der Waals surface area contributed by atoms with Gasteiger partial charge in [-0.3, -0.25) is 9.59 Å². The molecule has 3 heterocycles. The second kappa shape index (κ2) is 9.36. The molecular formula is C23H22F6N6O3. The molecule has 1 aliphatic heterocycles. The predicted octanol–water partition coefficient (Wildman–Crippen LogP) is 3.17. The molecule has 9 nitrogen and oxygen atoms in total. The zero-order valence-corrected chi connectivity index (χ0v) is 20.2. The summed E-state index contributed by atoms with van der Waals surface area (Å²) in [6, 6.07) is 1.10. The van der Waals surface area contributed by atoms with Gasteiger partial charge in [-0.05, 0) is 26.0 Å². The Morgan fingerprint density at radius 3 is 2.45 bits per heavy atom. The Kier molecular flexibility index (Phi) is 6.66. The Hall–Kier alpha value is -4.04. The number of ether oxygens (including phenoxy) is 1. The third-order valence-electron chi connectivity index (χ3n) is 6.06. The largest absolute Gasteiger partial charge is 0.496 e. The minimum atomic E-state index is -4.89. The molecule has 0 bridgehead atoms. The molecule has 1 fully saturated rings. The smallest absolute Gasteiger partial charge is 0.418 e. The fraction of sp³-hybridized carbons (Fsp3) is 0.391. The molecule has 204 valence electrons. The number of hydrogen-bond acceptors (Lipinski definition) is 6. The van der Waals surface area contributed by atoms with Crippen molar-refractivity contribution < 1.29 is 40.7 Å². The second-order valence-corrected chi connectivity index (χ2v) is 9.16. The van der Waals surface area contributed by atoms with Gasteiger partial charge >= 0.3 is 6.18 Å². The van der Waals surface area contributed by atoms with Gasteiger partial charge in [0.15, 0.2) is 11.5 Å². The molecule has 0 spiro atoms. The van der Waals surface area contributed by atoms with Crippen LogP contribution in [0.25, 0.3) is 16.8 Å². The molecular weight excluding hydrogens is 522 g/mol. The van der Waals surface area contributed by atoms with Crippen molar-refractivity contribution >= 4 is 23.1 Å². The van der Waals surface area contributed by atoms with E-state index in [1.165, 1.54) is 0 Å². The fourth-order valence-corrected chi connectivity index (χ4v) is 4.26. The molecule has 3 N–H and O–H groups in total. The Labute approximate surface area is 211 Å². The molecule has 1 saturated heterocycles. The number of hydrogen-bond donors (Lipinski definition) is 2. The maximum absolute atomic E-state index is 15.1. The molecule has 4 rings (SSSR count). The summed E-state index contributed by atoms with van der Waals surface area (Å²) in [6.45, 7) is 1.26. The summed E-state index contributed by atoms with van der Waals surface area (Å²) < 4.78 is 90.6. The van der Waals surface area contributed by atoms with E-state index in [9.17, 15) is 31.5 Å². The number of rotatable bonds is 5. The molecule has 2 aromatic heterocycles. The summed E-state index contributed by atoms with van der Waals surface area (Å²) >= 11 is 0. The minimum Gasteiger partial charge on any atom is -0.496 e.